The number of nitrogens with one attached hydrogen (secondary N) is 1. The van der Waals surface area contributed by atoms with Crippen LogP contribution < -0.4 is 5.32 Å². The molecule has 2 atom stereocenters. The Kier molecular flexibility index (Phi) is 2.28. The standard InChI is InChI=1S/C12H15NO/c1-8-7-12(8)13-11-5-3-10(4-6-11)9(2)14/h3-6,8,12-13H,7H2,1-2H3. The van der Waals surface area contributed by atoms with Gasteiger partial charge in [0, 0.05) is 17.3 Å². The van der Waals surface area contributed by atoms with Gasteiger partial charge in [0.15, 0.2) is 5.78 Å². The Labute approximate surface area is 84.3 Å². The number of carbonyl (C=O) groups is 1. The SMILES string of the molecule is CC(=O)c1ccc(NC2CC2C)cc1. The highest BCUT2D eigenvalue weighted by atomic mass is 16.1. The topological polar surface area (TPSA) is 29.1 Å². The van der Waals surface area contributed by atoms with Gasteiger partial charge in [0.25, 0.3) is 0 Å². The van der Waals surface area contributed by atoms with E-state index in [-0.39, 0.29) is 5.78 Å². The van der Waals surface area contributed by atoms with E-state index in [0.29, 0.717) is 6.04 Å². The molecule has 1 fully saturated rings. The number of benzene rings is 1. The second kappa shape index (κ2) is 3.45. The van der Waals surface area contributed by atoms with Crippen molar-refractivity contribution in [2.75, 3.05) is 5.32 Å². The summed E-state index contributed by atoms with van der Waals surface area (Å²) in [4.78, 5) is 11.0. The molecule has 1 aromatic carbocycles. The monoisotopic (exact) mass is 189 g/mol. The smallest absolute Gasteiger partial charge is 0.159 e. The largest absolute Gasteiger partial charge is 0.382 e. The van der Waals surface area contributed by atoms with Crippen LogP contribution in [0.5, 0.6) is 0 Å². The van der Waals surface area contributed by atoms with E-state index in [9.17, 15) is 4.79 Å². The predicted molar refractivity (Wildman–Crippen MR) is 57.6 cm³/mol. The highest BCUT2D eigenvalue weighted by molar-refractivity contribution is 5.94. The van der Waals surface area contributed by atoms with E-state index in [1.54, 1.807) is 6.92 Å². The van der Waals surface area contributed by atoms with Gasteiger partial charge in [-0.3, -0.25) is 4.79 Å². The lowest BCUT2D eigenvalue weighted by Crippen LogP contribution is -2.03. The molecule has 0 amide bonds. The molecule has 0 radical (unpaired) electrons. The van der Waals surface area contributed by atoms with Crippen molar-refractivity contribution in [1.29, 1.82) is 0 Å². The third-order valence-corrected chi connectivity index (χ3v) is 2.75. The van der Waals surface area contributed by atoms with Crippen LogP contribution in [-0.2, 0) is 0 Å². The molecule has 0 aromatic heterocycles. The molecule has 74 valence electrons. The molecule has 1 saturated carbocycles. The van der Waals surface area contributed by atoms with Crippen molar-refractivity contribution in [1.82, 2.24) is 0 Å². The van der Waals surface area contributed by atoms with E-state index in [4.69, 9.17) is 0 Å². The van der Waals surface area contributed by atoms with E-state index in [0.717, 1.165) is 17.2 Å². The highest BCUT2D eigenvalue weighted by Crippen LogP contribution is 2.32. The zero-order valence-corrected chi connectivity index (χ0v) is 8.58. The number of hydrogen-bond acceptors (Lipinski definition) is 2. The van der Waals surface area contributed by atoms with E-state index in [1.165, 1.54) is 6.42 Å². The van der Waals surface area contributed by atoms with Gasteiger partial charge in [0.05, 0.1) is 0 Å². The van der Waals surface area contributed by atoms with Crippen LogP contribution in [0, 0.1) is 5.92 Å². The van der Waals surface area contributed by atoms with Crippen molar-refractivity contribution in [3.8, 4) is 0 Å². The maximum absolute atomic E-state index is 11.0. The van der Waals surface area contributed by atoms with Crippen LogP contribution in [0.2, 0.25) is 0 Å². The van der Waals surface area contributed by atoms with Crippen LogP contribution >= 0.6 is 0 Å². The summed E-state index contributed by atoms with van der Waals surface area (Å²) >= 11 is 0. The summed E-state index contributed by atoms with van der Waals surface area (Å²) in [6, 6.07) is 8.33. The fourth-order valence-electron chi connectivity index (χ4n) is 1.54. The third kappa shape index (κ3) is 1.95. The first-order valence-corrected chi connectivity index (χ1v) is 5.04. The van der Waals surface area contributed by atoms with Crippen molar-refractivity contribution in [3.05, 3.63) is 29.8 Å². The van der Waals surface area contributed by atoms with Crippen LogP contribution in [0.15, 0.2) is 24.3 Å². The number of rotatable bonds is 3. The van der Waals surface area contributed by atoms with Crippen LogP contribution in [0.25, 0.3) is 0 Å². The number of Topliss-reactive ketones (excluding diaryl/α,β-unsaturated/α-hetero) is 1. The molecule has 0 spiro atoms. The molecule has 2 heteroatoms. The van der Waals surface area contributed by atoms with Crippen molar-refractivity contribution in [2.45, 2.75) is 26.3 Å². The normalized spacial score (nSPS) is 24.4. The average molecular weight is 189 g/mol. The van der Waals surface area contributed by atoms with Gasteiger partial charge in [-0.1, -0.05) is 6.92 Å². The van der Waals surface area contributed by atoms with E-state index in [2.05, 4.69) is 12.2 Å². The van der Waals surface area contributed by atoms with Crippen molar-refractivity contribution >= 4 is 11.5 Å². The van der Waals surface area contributed by atoms with Gasteiger partial charge in [-0.2, -0.15) is 0 Å². The molecule has 0 aliphatic heterocycles. The van der Waals surface area contributed by atoms with E-state index >= 15 is 0 Å². The molecule has 14 heavy (non-hydrogen) atoms. The fourth-order valence-corrected chi connectivity index (χ4v) is 1.54. The third-order valence-electron chi connectivity index (χ3n) is 2.75. The molecule has 1 aliphatic carbocycles. The maximum Gasteiger partial charge on any atom is 0.159 e. The second-order valence-electron chi connectivity index (χ2n) is 4.10. The Morgan fingerprint density at radius 1 is 1.36 bits per heavy atom. The van der Waals surface area contributed by atoms with Crippen LogP contribution in [0.1, 0.15) is 30.6 Å². The molecular formula is C12H15NO. The Balaban J connectivity index is 2.02. The lowest BCUT2D eigenvalue weighted by atomic mass is 10.1. The number of hydrogen-bond donors (Lipinski definition) is 1. The van der Waals surface area contributed by atoms with Crippen LogP contribution in [-0.4, -0.2) is 11.8 Å². The van der Waals surface area contributed by atoms with E-state index < -0.39 is 0 Å². The molecule has 0 bridgehead atoms. The highest BCUT2D eigenvalue weighted by Gasteiger charge is 2.32. The van der Waals surface area contributed by atoms with Gasteiger partial charge < -0.3 is 5.32 Å². The maximum atomic E-state index is 11.0. The molecule has 2 rings (SSSR count). The summed E-state index contributed by atoms with van der Waals surface area (Å²) in [6.07, 6.45) is 1.26. The average Bonchev–Trinajstić information content (AvgIpc) is 2.82. The second-order valence-corrected chi connectivity index (χ2v) is 4.10. The molecule has 1 N–H and O–H groups in total. The van der Waals surface area contributed by atoms with Gasteiger partial charge in [0.1, 0.15) is 0 Å². The zero-order chi connectivity index (χ0) is 10.1. The van der Waals surface area contributed by atoms with E-state index in [1.807, 2.05) is 24.3 Å². The Morgan fingerprint density at radius 2 is 1.93 bits per heavy atom. The lowest BCUT2D eigenvalue weighted by Gasteiger charge is -2.04. The quantitative estimate of drug-likeness (QED) is 0.741. The summed E-state index contributed by atoms with van der Waals surface area (Å²) in [6.45, 7) is 3.83. The predicted octanol–water partition coefficient (Wildman–Crippen LogP) is 2.71. The van der Waals surface area contributed by atoms with Gasteiger partial charge in [-0.15, -0.1) is 0 Å². The first-order chi connectivity index (χ1) is 6.66. The number of ketones is 1. The lowest BCUT2D eigenvalue weighted by molar-refractivity contribution is 0.101. The van der Waals surface area contributed by atoms with Gasteiger partial charge in [0.2, 0.25) is 0 Å². The number of carbonyl (C=O) groups excluding carboxylic acids is 1. The summed E-state index contributed by atoms with van der Waals surface area (Å²) in [5, 5.41) is 3.42. The van der Waals surface area contributed by atoms with Gasteiger partial charge in [-0.05, 0) is 43.5 Å². The number of anilines is 1. The summed E-state index contributed by atoms with van der Waals surface area (Å²) in [7, 11) is 0. The zero-order valence-electron chi connectivity index (χ0n) is 8.58. The minimum Gasteiger partial charge on any atom is -0.382 e. The fraction of sp³-hybridized carbons (Fsp3) is 0.417. The molecule has 1 aliphatic rings. The minimum absolute atomic E-state index is 0.122. The molecule has 2 unspecified atom stereocenters. The summed E-state index contributed by atoms with van der Waals surface area (Å²) in [5.74, 6) is 0.916. The summed E-state index contributed by atoms with van der Waals surface area (Å²) < 4.78 is 0. The molecule has 0 saturated heterocycles. The molecular weight excluding hydrogens is 174 g/mol. The van der Waals surface area contributed by atoms with Crippen LogP contribution in [0.4, 0.5) is 5.69 Å². The first-order valence-electron chi connectivity index (χ1n) is 5.04. The van der Waals surface area contributed by atoms with Gasteiger partial charge >= 0.3 is 0 Å². The molecule has 1 aromatic rings. The Morgan fingerprint density at radius 3 is 2.36 bits per heavy atom. The Hall–Kier alpha value is -1.31. The molecule has 0 heterocycles. The first kappa shape index (κ1) is 9.25. The summed E-state index contributed by atoms with van der Waals surface area (Å²) in [5.41, 5.74) is 1.89. The van der Waals surface area contributed by atoms with Crippen molar-refractivity contribution in [3.63, 3.8) is 0 Å². The van der Waals surface area contributed by atoms with Gasteiger partial charge in [-0.25, -0.2) is 0 Å². The minimum atomic E-state index is 0.122. The van der Waals surface area contributed by atoms with Crippen LogP contribution in [0.3, 0.4) is 0 Å². The Bertz CT molecular complexity index is 342. The van der Waals surface area contributed by atoms with Crippen molar-refractivity contribution in [2.24, 2.45) is 5.92 Å². The van der Waals surface area contributed by atoms with Crippen molar-refractivity contribution < 1.29 is 4.79 Å². The molecule has 2 nitrogen and oxygen atoms in total.